The third kappa shape index (κ3) is 4.55. The molecule has 0 amide bonds. The minimum atomic E-state index is 0.120. The maximum Gasteiger partial charge on any atom is 0.248 e. The van der Waals surface area contributed by atoms with Gasteiger partial charge < -0.3 is 4.42 Å². The van der Waals surface area contributed by atoms with Gasteiger partial charge in [-0.05, 0) is 57.0 Å². The fraction of sp³-hybridized carbons (Fsp3) is 0.167. The van der Waals surface area contributed by atoms with Crippen molar-refractivity contribution in [3.05, 3.63) is 84.4 Å². The number of hydrogen-bond donors (Lipinski definition) is 0. The molecule has 0 aliphatic carbocycles. The number of nitrogens with zero attached hydrogens (tertiary/aromatic N) is 2. The maximum atomic E-state index is 5.97. The Morgan fingerprint density at radius 1 is 0.677 bits per heavy atom. The highest BCUT2D eigenvalue weighted by Gasteiger charge is 2.20. The van der Waals surface area contributed by atoms with E-state index in [1.54, 1.807) is 35.3 Å². The summed E-state index contributed by atoms with van der Waals surface area (Å²) < 4.78 is 8.69. The Bertz CT molecular complexity index is 1190. The zero-order valence-corrected chi connectivity index (χ0v) is 20.6. The van der Waals surface area contributed by atoms with E-state index in [2.05, 4.69) is 71.5 Å². The van der Waals surface area contributed by atoms with Crippen molar-refractivity contribution in [3.63, 3.8) is 0 Å². The van der Waals surface area contributed by atoms with Gasteiger partial charge in [0, 0.05) is 16.0 Å². The van der Waals surface area contributed by atoms with Gasteiger partial charge in [0.15, 0.2) is 0 Å². The average molecular weight is 481 g/mol. The van der Waals surface area contributed by atoms with Crippen molar-refractivity contribution in [2.75, 3.05) is 0 Å². The Labute approximate surface area is 199 Å². The highest BCUT2D eigenvalue weighted by atomic mass is 32.2. The molecule has 1 aromatic heterocycles. The fourth-order valence-corrected chi connectivity index (χ4v) is 7.60. The molecule has 3 nitrogen and oxygen atoms in total. The number of aromatic nitrogens is 2. The Balaban J connectivity index is 1.31. The lowest BCUT2D eigenvalue weighted by Gasteiger charge is -2.18. The zero-order valence-electron chi connectivity index (χ0n) is 17.3. The molecule has 0 saturated carbocycles. The molecule has 3 aromatic rings. The molecule has 0 unspecified atom stereocenters. The van der Waals surface area contributed by atoms with Crippen molar-refractivity contribution in [1.82, 2.24) is 10.2 Å². The Morgan fingerprint density at radius 2 is 1.23 bits per heavy atom. The third-order valence-electron chi connectivity index (χ3n) is 4.89. The predicted molar refractivity (Wildman–Crippen MR) is 138 cm³/mol. The normalized spacial score (nSPS) is 16.3. The molecule has 2 aromatic carbocycles. The van der Waals surface area contributed by atoms with E-state index >= 15 is 0 Å². The molecule has 0 radical (unpaired) electrons. The van der Waals surface area contributed by atoms with Gasteiger partial charge in [-0.15, -0.1) is 10.2 Å². The van der Waals surface area contributed by atoms with Gasteiger partial charge in [0.1, 0.15) is 0 Å². The molecule has 31 heavy (non-hydrogen) atoms. The lowest BCUT2D eigenvalue weighted by Crippen LogP contribution is -2.10. The summed E-state index contributed by atoms with van der Waals surface area (Å²) in [5, 5.41) is 15.0. The average Bonchev–Trinajstić information content (AvgIpc) is 3.55. The van der Waals surface area contributed by atoms with E-state index in [1.807, 2.05) is 36.0 Å². The highest BCUT2D eigenvalue weighted by molar-refractivity contribution is 8.35. The Morgan fingerprint density at radius 3 is 1.81 bits per heavy atom. The molecule has 2 aliphatic rings. The van der Waals surface area contributed by atoms with Gasteiger partial charge >= 0.3 is 0 Å². The van der Waals surface area contributed by atoms with E-state index in [1.165, 1.54) is 24.5 Å². The van der Waals surface area contributed by atoms with Gasteiger partial charge in [0.25, 0.3) is 0 Å². The monoisotopic (exact) mass is 480 g/mol. The van der Waals surface area contributed by atoms with Gasteiger partial charge in [0.2, 0.25) is 11.8 Å². The lowest BCUT2D eigenvalue weighted by molar-refractivity contribution is 0.582. The minimum absolute atomic E-state index is 0.120. The number of hydrogen-bond acceptors (Lipinski definition) is 7. The fourth-order valence-electron chi connectivity index (χ4n) is 3.12. The summed E-state index contributed by atoms with van der Waals surface area (Å²) in [6.45, 7) is 6.62. The van der Waals surface area contributed by atoms with Crippen molar-refractivity contribution >= 4 is 52.0 Å². The SMILES string of the molecule is CC(C)(C)c1ccc(-c2nnc(-c3ccc(C4=CSC(=C5SC=CS5)S4)cc3)o2)cc1. The van der Waals surface area contributed by atoms with E-state index < -0.39 is 0 Å². The Kier molecular flexibility index (Phi) is 5.86. The van der Waals surface area contributed by atoms with Crippen molar-refractivity contribution in [2.45, 2.75) is 26.2 Å². The van der Waals surface area contributed by atoms with Gasteiger partial charge in [-0.1, -0.05) is 92.1 Å². The second-order valence-corrected chi connectivity index (χ2v) is 12.4. The van der Waals surface area contributed by atoms with Crippen LogP contribution in [0.15, 0.2) is 77.6 Å². The van der Waals surface area contributed by atoms with Crippen LogP contribution in [-0.4, -0.2) is 10.2 Å². The minimum Gasteiger partial charge on any atom is -0.416 e. The van der Waals surface area contributed by atoms with E-state index in [4.69, 9.17) is 4.42 Å². The summed E-state index contributed by atoms with van der Waals surface area (Å²) >= 11 is 7.24. The van der Waals surface area contributed by atoms with Gasteiger partial charge in [0.05, 0.1) is 8.47 Å². The first-order valence-corrected chi connectivity index (χ1v) is 13.3. The summed E-state index contributed by atoms with van der Waals surface area (Å²) in [6.07, 6.45) is 0. The molecule has 0 atom stereocenters. The van der Waals surface area contributed by atoms with E-state index in [-0.39, 0.29) is 5.41 Å². The van der Waals surface area contributed by atoms with Crippen molar-refractivity contribution in [2.24, 2.45) is 0 Å². The van der Waals surface area contributed by atoms with Crippen LogP contribution in [0, 0.1) is 0 Å². The van der Waals surface area contributed by atoms with Crippen molar-refractivity contribution < 1.29 is 4.42 Å². The first-order chi connectivity index (χ1) is 15.0. The van der Waals surface area contributed by atoms with Crippen LogP contribution >= 0.6 is 47.0 Å². The number of rotatable bonds is 3. The van der Waals surface area contributed by atoms with Gasteiger partial charge in [-0.3, -0.25) is 0 Å². The summed E-state index contributed by atoms with van der Waals surface area (Å²) in [7, 11) is 0. The second kappa shape index (κ2) is 8.62. The van der Waals surface area contributed by atoms with Crippen LogP contribution < -0.4 is 0 Å². The molecule has 0 saturated heterocycles. The van der Waals surface area contributed by atoms with Gasteiger partial charge in [-0.25, -0.2) is 0 Å². The Hall–Kier alpha value is -1.80. The van der Waals surface area contributed by atoms with Crippen LogP contribution in [0.2, 0.25) is 0 Å². The molecule has 5 rings (SSSR count). The lowest BCUT2D eigenvalue weighted by atomic mass is 9.87. The zero-order chi connectivity index (χ0) is 21.4. The smallest absolute Gasteiger partial charge is 0.248 e. The molecule has 156 valence electrons. The molecular formula is C24H20N2OS4. The predicted octanol–water partition coefficient (Wildman–Crippen LogP) is 8.56. The first kappa shape index (κ1) is 21.1. The first-order valence-electron chi connectivity index (χ1n) is 9.80. The van der Waals surface area contributed by atoms with Crippen LogP contribution in [0.4, 0.5) is 0 Å². The number of benzene rings is 2. The van der Waals surface area contributed by atoms with E-state index in [0.717, 1.165) is 11.1 Å². The summed E-state index contributed by atoms with van der Waals surface area (Å²) in [5.41, 5.74) is 4.47. The van der Waals surface area contributed by atoms with Crippen LogP contribution in [0.5, 0.6) is 0 Å². The molecule has 0 spiro atoms. The summed E-state index contributed by atoms with van der Waals surface area (Å²) in [4.78, 5) is 1.28. The van der Waals surface area contributed by atoms with Crippen LogP contribution in [0.1, 0.15) is 31.9 Å². The molecule has 2 aliphatic heterocycles. The molecular weight excluding hydrogens is 461 g/mol. The van der Waals surface area contributed by atoms with Crippen molar-refractivity contribution in [3.8, 4) is 22.9 Å². The molecule has 0 N–H and O–H groups in total. The molecule has 7 heteroatoms. The van der Waals surface area contributed by atoms with Crippen LogP contribution in [0.3, 0.4) is 0 Å². The topological polar surface area (TPSA) is 38.9 Å². The number of thioether (sulfide) groups is 4. The largest absolute Gasteiger partial charge is 0.416 e. The van der Waals surface area contributed by atoms with Crippen molar-refractivity contribution in [1.29, 1.82) is 0 Å². The third-order valence-corrected chi connectivity index (χ3v) is 9.96. The summed E-state index contributed by atoms with van der Waals surface area (Å²) in [6, 6.07) is 16.7. The molecule has 0 fully saturated rings. The van der Waals surface area contributed by atoms with Crippen LogP contribution in [0.25, 0.3) is 27.8 Å². The standard InChI is InChI=1S/C24H20N2OS4/c1-24(2,3)18-10-8-17(9-11-18)21-26-25-20(27-21)16-6-4-15(5-7-16)19-14-30-23(31-19)22-28-12-13-29-22/h4-14H,1-3H3. The van der Waals surface area contributed by atoms with E-state index in [0.29, 0.717) is 11.8 Å². The molecule has 0 bridgehead atoms. The summed E-state index contributed by atoms with van der Waals surface area (Å²) in [5.74, 6) is 1.08. The highest BCUT2D eigenvalue weighted by Crippen LogP contribution is 2.55. The maximum absolute atomic E-state index is 5.97. The quantitative estimate of drug-likeness (QED) is 0.372. The molecule has 3 heterocycles. The van der Waals surface area contributed by atoms with E-state index in [9.17, 15) is 0 Å². The van der Waals surface area contributed by atoms with Gasteiger partial charge in [-0.2, -0.15) is 0 Å². The van der Waals surface area contributed by atoms with Crippen LogP contribution in [-0.2, 0) is 5.41 Å². The second-order valence-electron chi connectivity index (χ2n) is 8.10.